The zero-order chi connectivity index (χ0) is 13.5. The van der Waals surface area contributed by atoms with Gasteiger partial charge in [0.05, 0.1) is 12.5 Å². The second-order valence-electron chi connectivity index (χ2n) is 4.23. The van der Waals surface area contributed by atoms with Gasteiger partial charge in [0, 0.05) is 22.8 Å². The van der Waals surface area contributed by atoms with Crippen LogP contribution in [0.2, 0.25) is 0 Å². The summed E-state index contributed by atoms with van der Waals surface area (Å²) in [6.45, 7) is 4.40. The lowest BCUT2D eigenvalue weighted by atomic mass is 10.3. The second-order valence-corrected chi connectivity index (χ2v) is 5.14. The maximum absolute atomic E-state index is 5.61. The number of halogens is 1. The van der Waals surface area contributed by atoms with Gasteiger partial charge in [-0.3, -0.25) is 4.98 Å². The third-order valence-electron chi connectivity index (χ3n) is 2.52. The standard InChI is InChI=1S/C14H17BrN2O2/c1-2-3-16-6-11-4-14(18-9-11)10-19-13-5-12(15)7-17-8-13/h4-5,7-9,16H,2-3,6,10H2,1H3. The molecule has 0 unspecified atom stereocenters. The Morgan fingerprint density at radius 2 is 2.26 bits per heavy atom. The van der Waals surface area contributed by atoms with Crippen molar-refractivity contribution in [1.29, 1.82) is 0 Å². The maximum Gasteiger partial charge on any atom is 0.146 e. The van der Waals surface area contributed by atoms with Gasteiger partial charge in [-0.2, -0.15) is 0 Å². The predicted octanol–water partition coefficient (Wildman–Crippen LogP) is 3.52. The van der Waals surface area contributed by atoms with Crippen molar-refractivity contribution < 1.29 is 9.15 Å². The van der Waals surface area contributed by atoms with Gasteiger partial charge in [0.2, 0.25) is 0 Å². The summed E-state index contributed by atoms with van der Waals surface area (Å²) < 4.78 is 12.0. The third-order valence-corrected chi connectivity index (χ3v) is 2.96. The number of pyridine rings is 1. The van der Waals surface area contributed by atoms with Crippen LogP contribution in [0, 0.1) is 0 Å². The van der Waals surface area contributed by atoms with Gasteiger partial charge in [0.25, 0.3) is 0 Å². The van der Waals surface area contributed by atoms with Crippen molar-refractivity contribution >= 4 is 15.9 Å². The van der Waals surface area contributed by atoms with Crippen molar-refractivity contribution in [3.8, 4) is 5.75 Å². The van der Waals surface area contributed by atoms with E-state index < -0.39 is 0 Å². The fourth-order valence-electron chi connectivity index (χ4n) is 1.63. The molecule has 19 heavy (non-hydrogen) atoms. The fraction of sp³-hybridized carbons (Fsp3) is 0.357. The number of furan rings is 1. The molecule has 2 heterocycles. The summed E-state index contributed by atoms with van der Waals surface area (Å²) in [6.07, 6.45) is 6.29. The van der Waals surface area contributed by atoms with Crippen LogP contribution in [0.25, 0.3) is 0 Å². The van der Waals surface area contributed by atoms with E-state index in [1.165, 1.54) is 0 Å². The van der Waals surface area contributed by atoms with E-state index in [1.807, 2.05) is 12.1 Å². The lowest BCUT2D eigenvalue weighted by molar-refractivity contribution is 0.269. The summed E-state index contributed by atoms with van der Waals surface area (Å²) in [6, 6.07) is 3.88. The first-order chi connectivity index (χ1) is 9.28. The van der Waals surface area contributed by atoms with E-state index in [0.29, 0.717) is 6.61 Å². The molecule has 0 aliphatic heterocycles. The minimum Gasteiger partial charge on any atom is -0.484 e. The molecule has 0 atom stereocenters. The summed E-state index contributed by atoms with van der Waals surface area (Å²) in [4.78, 5) is 4.04. The van der Waals surface area contributed by atoms with Crippen molar-refractivity contribution in [2.24, 2.45) is 0 Å². The second kappa shape index (κ2) is 7.31. The lowest BCUT2D eigenvalue weighted by Crippen LogP contribution is -2.13. The van der Waals surface area contributed by atoms with Gasteiger partial charge in [-0.15, -0.1) is 0 Å². The quantitative estimate of drug-likeness (QED) is 0.792. The van der Waals surface area contributed by atoms with E-state index in [4.69, 9.17) is 9.15 Å². The minimum absolute atomic E-state index is 0.409. The van der Waals surface area contributed by atoms with Crippen LogP contribution in [0.3, 0.4) is 0 Å². The number of aromatic nitrogens is 1. The Kier molecular flexibility index (Phi) is 5.42. The Bertz CT molecular complexity index is 514. The van der Waals surface area contributed by atoms with Gasteiger partial charge in [-0.25, -0.2) is 0 Å². The average molecular weight is 325 g/mol. The van der Waals surface area contributed by atoms with E-state index in [9.17, 15) is 0 Å². The summed E-state index contributed by atoms with van der Waals surface area (Å²) in [7, 11) is 0. The zero-order valence-corrected chi connectivity index (χ0v) is 12.4. The number of hydrogen-bond acceptors (Lipinski definition) is 4. The Balaban J connectivity index is 1.83. The van der Waals surface area contributed by atoms with Crippen molar-refractivity contribution in [2.45, 2.75) is 26.5 Å². The van der Waals surface area contributed by atoms with Crippen LogP contribution in [0.1, 0.15) is 24.7 Å². The van der Waals surface area contributed by atoms with Crippen molar-refractivity contribution in [3.05, 3.63) is 46.6 Å². The molecule has 2 aromatic heterocycles. The van der Waals surface area contributed by atoms with Crippen LogP contribution >= 0.6 is 15.9 Å². The topological polar surface area (TPSA) is 47.3 Å². The first kappa shape index (κ1) is 14.1. The first-order valence-electron chi connectivity index (χ1n) is 6.28. The van der Waals surface area contributed by atoms with Crippen LogP contribution in [0.15, 0.2) is 39.7 Å². The molecule has 4 nitrogen and oxygen atoms in total. The van der Waals surface area contributed by atoms with E-state index in [-0.39, 0.29) is 0 Å². The highest BCUT2D eigenvalue weighted by Gasteiger charge is 2.03. The zero-order valence-electron chi connectivity index (χ0n) is 10.9. The molecular weight excluding hydrogens is 308 g/mol. The SMILES string of the molecule is CCCNCc1coc(COc2cncc(Br)c2)c1. The summed E-state index contributed by atoms with van der Waals surface area (Å²) in [5.41, 5.74) is 1.14. The average Bonchev–Trinajstić information content (AvgIpc) is 2.85. The molecule has 0 radical (unpaired) electrons. The molecule has 0 aliphatic carbocycles. The molecule has 0 aliphatic rings. The number of nitrogens with one attached hydrogen (secondary N) is 1. The molecule has 0 saturated carbocycles. The normalized spacial score (nSPS) is 10.6. The Hall–Kier alpha value is -1.33. The van der Waals surface area contributed by atoms with Crippen LogP contribution < -0.4 is 10.1 Å². The monoisotopic (exact) mass is 324 g/mol. The molecule has 2 rings (SSSR count). The number of nitrogens with zero attached hydrogens (tertiary/aromatic N) is 1. The molecule has 1 N–H and O–H groups in total. The molecule has 0 amide bonds. The van der Waals surface area contributed by atoms with E-state index in [2.05, 4.69) is 33.2 Å². The van der Waals surface area contributed by atoms with Crippen LogP contribution in [-0.4, -0.2) is 11.5 Å². The number of hydrogen-bond donors (Lipinski definition) is 1. The molecule has 0 spiro atoms. The van der Waals surface area contributed by atoms with Gasteiger partial charge >= 0.3 is 0 Å². The van der Waals surface area contributed by atoms with E-state index >= 15 is 0 Å². The first-order valence-corrected chi connectivity index (χ1v) is 7.07. The van der Waals surface area contributed by atoms with Gasteiger partial charge in [-0.05, 0) is 41.0 Å². The molecule has 0 saturated heterocycles. The van der Waals surface area contributed by atoms with Crippen LogP contribution in [0.5, 0.6) is 5.75 Å². The Labute approximate surface area is 121 Å². The molecule has 0 fully saturated rings. The van der Waals surface area contributed by atoms with E-state index in [1.54, 1.807) is 18.7 Å². The Morgan fingerprint density at radius 1 is 1.37 bits per heavy atom. The summed E-state index contributed by atoms with van der Waals surface area (Å²) in [5, 5.41) is 3.33. The smallest absolute Gasteiger partial charge is 0.146 e. The Morgan fingerprint density at radius 3 is 3.05 bits per heavy atom. The van der Waals surface area contributed by atoms with Crippen LogP contribution in [-0.2, 0) is 13.2 Å². The van der Waals surface area contributed by atoms with Gasteiger partial charge in [0.15, 0.2) is 0 Å². The molecule has 0 bridgehead atoms. The highest BCUT2D eigenvalue weighted by molar-refractivity contribution is 9.10. The molecule has 2 aromatic rings. The highest BCUT2D eigenvalue weighted by atomic mass is 79.9. The van der Waals surface area contributed by atoms with Gasteiger partial charge < -0.3 is 14.5 Å². The summed E-state index contributed by atoms with van der Waals surface area (Å²) in [5.74, 6) is 1.53. The molecule has 5 heteroatoms. The van der Waals surface area contributed by atoms with Crippen molar-refractivity contribution in [2.75, 3.05) is 6.54 Å². The molecule has 102 valence electrons. The summed E-state index contributed by atoms with van der Waals surface area (Å²) >= 11 is 3.35. The van der Waals surface area contributed by atoms with Gasteiger partial charge in [0.1, 0.15) is 18.1 Å². The number of ether oxygens (including phenoxy) is 1. The molecular formula is C14H17BrN2O2. The van der Waals surface area contributed by atoms with Crippen molar-refractivity contribution in [3.63, 3.8) is 0 Å². The number of rotatable bonds is 7. The predicted molar refractivity (Wildman–Crippen MR) is 77.0 cm³/mol. The van der Waals surface area contributed by atoms with Crippen molar-refractivity contribution in [1.82, 2.24) is 10.3 Å². The van der Waals surface area contributed by atoms with Gasteiger partial charge in [-0.1, -0.05) is 6.92 Å². The fourth-order valence-corrected chi connectivity index (χ4v) is 1.97. The maximum atomic E-state index is 5.61. The molecule has 0 aromatic carbocycles. The minimum atomic E-state index is 0.409. The van der Waals surface area contributed by atoms with Crippen LogP contribution in [0.4, 0.5) is 0 Å². The van der Waals surface area contributed by atoms with E-state index in [0.717, 1.165) is 41.1 Å². The largest absolute Gasteiger partial charge is 0.484 e. The third kappa shape index (κ3) is 4.69. The lowest BCUT2D eigenvalue weighted by Gasteiger charge is -2.03. The highest BCUT2D eigenvalue weighted by Crippen LogP contribution is 2.17.